The number of nitrogens with one attached hydrogen (secondary N) is 2. The molecule has 24 heavy (non-hydrogen) atoms. The second-order valence-corrected chi connectivity index (χ2v) is 5.04. The fourth-order valence-corrected chi connectivity index (χ4v) is 2.08. The quantitative estimate of drug-likeness (QED) is 0.771. The molecular formula is C16H15FN6O. The molecule has 0 bridgehead atoms. The summed E-state index contributed by atoms with van der Waals surface area (Å²) >= 11 is 0. The number of pyridine rings is 2. The van der Waals surface area contributed by atoms with Crippen molar-refractivity contribution in [2.75, 3.05) is 5.32 Å². The van der Waals surface area contributed by atoms with Crippen molar-refractivity contribution in [3.8, 4) is 5.82 Å². The minimum atomic E-state index is -0.458. The molecule has 0 saturated carbocycles. The van der Waals surface area contributed by atoms with E-state index in [1.165, 1.54) is 12.1 Å². The van der Waals surface area contributed by atoms with Gasteiger partial charge >= 0.3 is 6.03 Å². The van der Waals surface area contributed by atoms with Crippen molar-refractivity contribution in [1.29, 1.82) is 0 Å². The first kappa shape index (κ1) is 15.6. The molecule has 7 nitrogen and oxygen atoms in total. The summed E-state index contributed by atoms with van der Waals surface area (Å²) in [5.41, 5.74) is 0.846. The van der Waals surface area contributed by atoms with E-state index in [1.54, 1.807) is 12.4 Å². The summed E-state index contributed by atoms with van der Waals surface area (Å²) in [5.74, 6) is 1.42. The maximum absolute atomic E-state index is 12.7. The molecule has 0 fully saturated rings. The standard InChI is InChI=1S/C16H15FN6O/c1-11-18-6-7-23(11)15-5-2-12(8-20-15)9-21-16(24)22-14-4-3-13(17)10-19-14/h2-8,10H,9H2,1H3,(H2,19,21,22,24). The van der Waals surface area contributed by atoms with Gasteiger partial charge in [0.2, 0.25) is 0 Å². The normalized spacial score (nSPS) is 10.4. The molecule has 3 rings (SSSR count). The van der Waals surface area contributed by atoms with Crippen molar-refractivity contribution in [3.63, 3.8) is 0 Å². The number of halogens is 1. The van der Waals surface area contributed by atoms with Crippen LogP contribution in [0.2, 0.25) is 0 Å². The van der Waals surface area contributed by atoms with E-state index in [1.807, 2.05) is 29.8 Å². The van der Waals surface area contributed by atoms with Gasteiger partial charge in [0.05, 0.1) is 6.20 Å². The molecule has 0 atom stereocenters. The van der Waals surface area contributed by atoms with Crippen molar-refractivity contribution in [1.82, 2.24) is 24.8 Å². The first-order valence-electron chi connectivity index (χ1n) is 7.23. The Morgan fingerprint density at radius 3 is 2.67 bits per heavy atom. The number of urea groups is 1. The Morgan fingerprint density at radius 1 is 1.17 bits per heavy atom. The maximum Gasteiger partial charge on any atom is 0.320 e. The van der Waals surface area contributed by atoms with Crippen LogP contribution < -0.4 is 10.6 Å². The van der Waals surface area contributed by atoms with E-state index >= 15 is 0 Å². The lowest BCUT2D eigenvalue weighted by molar-refractivity contribution is 0.251. The Morgan fingerprint density at radius 2 is 2.04 bits per heavy atom. The van der Waals surface area contributed by atoms with Crippen molar-refractivity contribution in [2.45, 2.75) is 13.5 Å². The van der Waals surface area contributed by atoms with Crippen LogP contribution in [0.4, 0.5) is 15.0 Å². The van der Waals surface area contributed by atoms with E-state index in [4.69, 9.17) is 0 Å². The highest BCUT2D eigenvalue weighted by Gasteiger charge is 2.05. The van der Waals surface area contributed by atoms with Gasteiger partial charge < -0.3 is 5.32 Å². The third kappa shape index (κ3) is 3.72. The van der Waals surface area contributed by atoms with Crippen LogP contribution in [0, 0.1) is 12.7 Å². The fraction of sp³-hybridized carbons (Fsp3) is 0.125. The lowest BCUT2D eigenvalue weighted by Gasteiger charge is -2.08. The smallest absolute Gasteiger partial charge is 0.320 e. The van der Waals surface area contributed by atoms with Crippen LogP contribution in [0.15, 0.2) is 49.1 Å². The molecule has 0 saturated heterocycles. The zero-order valence-electron chi connectivity index (χ0n) is 12.9. The highest BCUT2D eigenvalue weighted by molar-refractivity contribution is 5.88. The van der Waals surface area contributed by atoms with Crippen LogP contribution >= 0.6 is 0 Å². The highest BCUT2D eigenvalue weighted by Crippen LogP contribution is 2.08. The van der Waals surface area contributed by atoms with Gasteiger partial charge in [0.15, 0.2) is 0 Å². The number of amides is 2. The number of hydrogen-bond donors (Lipinski definition) is 2. The summed E-state index contributed by atoms with van der Waals surface area (Å²) in [6.07, 6.45) is 6.26. The maximum atomic E-state index is 12.7. The minimum Gasteiger partial charge on any atom is -0.334 e. The molecule has 0 aromatic carbocycles. The van der Waals surface area contributed by atoms with Gasteiger partial charge in [-0.05, 0) is 30.7 Å². The summed E-state index contributed by atoms with van der Waals surface area (Å²) in [7, 11) is 0. The molecule has 0 aliphatic heterocycles. The van der Waals surface area contributed by atoms with Crippen LogP contribution in [0.3, 0.4) is 0 Å². The monoisotopic (exact) mass is 326 g/mol. The molecule has 8 heteroatoms. The number of carbonyl (C=O) groups excluding carboxylic acids is 1. The summed E-state index contributed by atoms with van der Waals surface area (Å²) in [5, 5.41) is 5.20. The van der Waals surface area contributed by atoms with Crippen LogP contribution in [-0.4, -0.2) is 25.6 Å². The number of nitrogens with zero attached hydrogens (tertiary/aromatic N) is 4. The van der Waals surface area contributed by atoms with Gasteiger partial charge in [-0.3, -0.25) is 9.88 Å². The summed E-state index contributed by atoms with van der Waals surface area (Å²) in [6, 6.07) is 5.91. The van der Waals surface area contributed by atoms with E-state index in [-0.39, 0.29) is 5.82 Å². The first-order chi connectivity index (χ1) is 11.6. The molecule has 122 valence electrons. The first-order valence-corrected chi connectivity index (χ1v) is 7.23. The van der Waals surface area contributed by atoms with Crippen LogP contribution in [-0.2, 0) is 6.54 Å². The molecule has 3 aromatic rings. The van der Waals surface area contributed by atoms with Gasteiger partial charge in [-0.15, -0.1) is 0 Å². The number of carbonyl (C=O) groups is 1. The minimum absolute atomic E-state index is 0.276. The molecular weight excluding hydrogens is 311 g/mol. The topological polar surface area (TPSA) is 84.7 Å². The lowest BCUT2D eigenvalue weighted by atomic mass is 10.3. The number of imidazole rings is 1. The van der Waals surface area contributed by atoms with Gasteiger partial charge in [0.1, 0.15) is 23.3 Å². The van der Waals surface area contributed by atoms with Gasteiger partial charge in [0, 0.05) is 25.1 Å². The van der Waals surface area contributed by atoms with E-state index in [0.717, 1.165) is 23.4 Å². The summed E-state index contributed by atoms with van der Waals surface area (Å²) in [6.45, 7) is 2.20. The molecule has 2 amide bonds. The number of hydrogen-bond acceptors (Lipinski definition) is 4. The van der Waals surface area contributed by atoms with Crippen molar-refractivity contribution in [2.24, 2.45) is 0 Å². The van der Waals surface area contributed by atoms with Gasteiger partial charge in [-0.25, -0.2) is 24.1 Å². The van der Waals surface area contributed by atoms with Crippen LogP contribution in [0.1, 0.15) is 11.4 Å². The largest absolute Gasteiger partial charge is 0.334 e. The van der Waals surface area contributed by atoms with Crippen molar-refractivity contribution >= 4 is 11.8 Å². The molecule has 2 N–H and O–H groups in total. The van der Waals surface area contributed by atoms with E-state index in [0.29, 0.717) is 6.54 Å². The third-order valence-electron chi connectivity index (χ3n) is 3.30. The second kappa shape index (κ2) is 6.86. The highest BCUT2D eigenvalue weighted by atomic mass is 19.1. The van der Waals surface area contributed by atoms with Gasteiger partial charge in [-0.2, -0.15) is 0 Å². The number of aromatic nitrogens is 4. The van der Waals surface area contributed by atoms with Gasteiger partial charge in [-0.1, -0.05) is 6.07 Å². The average Bonchev–Trinajstić information content (AvgIpc) is 3.02. The Bertz CT molecular complexity index is 829. The van der Waals surface area contributed by atoms with Crippen LogP contribution in [0.5, 0.6) is 0 Å². The Hall–Kier alpha value is -3.29. The molecule has 3 aromatic heterocycles. The third-order valence-corrected chi connectivity index (χ3v) is 3.30. The summed E-state index contributed by atoms with van der Waals surface area (Å²) in [4.78, 5) is 24.0. The SMILES string of the molecule is Cc1nccn1-c1ccc(CNC(=O)Nc2ccc(F)cn2)cn1. The molecule has 0 aliphatic rings. The molecule has 0 spiro atoms. The Kier molecular flexibility index (Phi) is 4.46. The average molecular weight is 326 g/mol. The Balaban J connectivity index is 1.55. The number of anilines is 1. The zero-order valence-corrected chi connectivity index (χ0v) is 12.9. The molecule has 0 unspecified atom stereocenters. The van der Waals surface area contributed by atoms with E-state index < -0.39 is 11.8 Å². The van der Waals surface area contributed by atoms with Crippen LogP contribution in [0.25, 0.3) is 5.82 Å². The zero-order chi connectivity index (χ0) is 16.9. The summed E-state index contributed by atoms with van der Waals surface area (Å²) < 4.78 is 14.6. The number of rotatable bonds is 4. The molecule has 3 heterocycles. The Labute approximate surface area is 137 Å². The molecule has 0 aliphatic carbocycles. The van der Waals surface area contributed by atoms with Crippen molar-refractivity contribution < 1.29 is 9.18 Å². The fourth-order valence-electron chi connectivity index (χ4n) is 2.08. The predicted octanol–water partition coefficient (Wildman–Crippen LogP) is 2.43. The molecule has 0 radical (unpaired) electrons. The lowest BCUT2D eigenvalue weighted by Crippen LogP contribution is -2.28. The van der Waals surface area contributed by atoms with E-state index in [9.17, 15) is 9.18 Å². The second-order valence-electron chi connectivity index (χ2n) is 5.04. The van der Waals surface area contributed by atoms with Gasteiger partial charge in [0.25, 0.3) is 0 Å². The number of aryl methyl sites for hydroxylation is 1. The van der Waals surface area contributed by atoms with Crippen molar-refractivity contribution in [3.05, 3.63) is 66.3 Å². The van der Waals surface area contributed by atoms with E-state index in [2.05, 4.69) is 25.6 Å². The predicted molar refractivity (Wildman–Crippen MR) is 86.1 cm³/mol.